The number of nitrogen functional groups attached to an aromatic ring is 1. The molecule has 2 aromatic carbocycles. The lowest BCUT2D eigenvalue weighted by atomic mass is 10.0. The molecule has 0 unspecified atom stereocenters. The number of ether oxygens (including phenoxy) is 1. The fourth-order valence-corrected chi connectivity index (χ4v) is 1.63. The number of hydrogen-bond donors (Lipinski definition) is 1. The third kappa shape index (κ3) is 2.06. The Hall–Kier alpha value is -2.10. The van der Waals surface area contributed by atoms with Crippen LogP contribution in [0.5, 0.6) is 5.75 Å². The van der Waals surface area contributed by atoms with Crippen LogP contribution in [0.25, 0.3) is 11.1 Å². The van der Waals surface area contributed by atoms with Gasteiger partial charge in [-0.25, -0.2) is 8.78 Å². The molecule has 2 rings (SSSR count). The summed E-state index contributed by atoms with van der Waals surface area (Å²) >= 11 is 0. The predicted molar refractivity (Wildman–Crippen MR) is 62.8 cm³/mol. The molecule has 0 spiro atoms. The predicted octanol–water partition coefficient (Wildman–Crippen LogP) is 3.22. The maximum atomic E-state index is 13.9. The molecule has 0 aliphatic heterocycles. The zero-order valence-corrected chi connectivity index (χ0v) is 9.21. The van der Waals surface area contributed by atoms with Crippen LogP contribution >= 0.6 is 0 Å². The van der Waals surface area contributed by atoms with E-state index in [1.165, 1.54) is 31.4 Å². The summed E-state index contributed by atoms with van der Waals surface area (Å²) in [6.07, 6.45) is 0. The minimum atomic E-state index is -0.585. The Morgan fingerprint density at radius 3 is 2.47 bits per heavy atom. The molecule has 0 saturated heterocycles. The van der Waals surface area contributed by atoms with Crippen molar-refractivity contribution in [2.24, 2.45) is 0 Å². The molecule has 0 atom stereocenters. The number of hydrogen-bond acceptors (Lipinski definition) is 2. The summed E-state index contributed by atoms with van der Waals surface area (Å²) in [4.78, 5) is 0. The first kappa shape index (κ1) is 11.4. The SMILES string of the molecule is COc1cccc(-c2ccc(N)cc2F)c1F. The Bertz CT molecular complexity index is 555. The van der Waals surface area contributed by atoms with Gasteiger partial charge in [-0.05, 0) is 24.3 Å². The highest BCUT2D eigenvalue weighted by Gasteiger charge is 2.13. The van der Waals surface area contributed by atoms with Crippen molar-refractivity contribution >= 4 is 5.69 Å². The normalized spacial score (nSPS) is 10.3. The summed E-state index contributed by atoms with van der Waals surface area (Å²) in [5.41, 5.74) is 6.06. The van der Waals surface area contributed by atoms with E-state index in [9.17, 15) is 8.78 Å². The molecule has 0 heterocycles. The second kappa shape index (κ2) is 4.41. The fourth-order valence-electron chi connectivity index (χ4n) is 1.63. The van der Waals surface area contributed by atoms with E-state index in [1.54, 1.807) is 6.07 Å². The van der Waals surface area contributed by atoms with Crippen molar-refractivity contribution in [1.82, 2.24) is 0 Å². The quantitative estimate of drug-likeness (QED) is 0.811. The average Bonchev–Trinajstić information content (AvgIpc) is 2.30. The maximum absolute atomic E-state index is 13.9. The van der Waals surface area contributed by atoms with Crippen LogP contribution in [0.15, 0.2) is 36.4 Å². The number of nitrogens with two attached hydrogens (primary N) is 1. The summed E-state index contributed by atoms with van der Waals surface area (Å²) in [5, 5.41) is 0. The van der Waals surface area contributed by atoms with Crippen molar-refractivity contribution in [2.45, 2.75) is 0 Å². The van der Waals surface area contributed by atoms with E-state index in [-0.39, 0.29) is 16.9 Å². The first-order valence-electron chi connectivity index (χ1n) is 5.01. The van der Waals surface area contributed by atoms with Crippen LogP contribution in [0.1, 0.15) is 0 Å². The first-order chi connectivity index (χ1) is 8.13. The summed E-state index contributed by atoms with van der Waals surface area (Å²) in [6, 6.07) is 8.71. The highest BCUT2D eigenvalue weighted by Crippen LogP contribution is 2.31. The van der Waals surface area contributed by atoms with Gasteiger partial charge < -0.3 is 10.5 Å². The Kier molecular flexibility index (Phi) is 2.95. The van der Waals surface area contributed by atoms with Crippen LogP contribution in [0.4, 0.5) is 14.5 Å². The molecule has 0 aliphatic rings. The van der Waals surface area contributed by atoms with Gasteiger partial charge in [-0.15, -0.1) is 0 Å². The molecule has 2 aromatic rings. The van der Waals surface area contributed by atoms with Gasteiger partial charge >= 0.3 is 0 Å². The molecule has 0 aromatic heterocycles. The van der Waals surface area contributed by atoms with Gasteiger partial charge in [0.1, 0.15) is 5.82 Å². The topological polar surface area (TPSA) is 35.2 Å². The van der Waals surface area contributed by atoms with Crippen molar-refractivity contribution in [1.29, 1.82) is 0 Å². The summed E-state index contributed by atoms with van der Waals surface area (Å²) in [6.45, 7) is 0. The van der Waals surface area contributed by atoms with E-state index >= 15 is 0 Å². The third-order valence-corrected chi connectivity index (χ3v) is 2.47. The van der Waals surface area contributed by atoms with Crippen LogP contribution in [-0.2, 0) is 0 Å². The lowest BCUT2D eigenvalue weighted by molar-refractivity contribution is 0.387. The second-order valence-corrected chi connectivity index (χ2v) is 3.56. The highest BCUT2D eigenvalue weighted by atomic mass is 19.1. The number of halogens is 2. The van der Waals surface area contributed by atoms with Gasteiger partial charge in [-0.1, -0.05) is 12.1 Å². The summed E-state index contributed by atoms with van der Waals surface area (Å²) in [7, 11) is 1.36. The Morgan fingerprint density at radius 1 is 1.06 bits per heavy atom. The largest absolute Gasteiger partial charge is 0.494 e. The van der Waals surface area contributed by atoms with Gasteiger partial charge in [0, 0.05) is 16.8 Å². The van der Waals surface area contributed by atoms with E-state index < -0.39 is 11.6 Å². The third-order valence-electron chi connectivity index (χ3n) is 2.47. The molecule has 0 saturated carbocycles. The van der Waals surface area contributed by atoms with Crippen LogP contribution in [0, 0.1) is 11.6 Å². The van der Waals surface area contributed by atoms with Gasteiger partial charge in [0.15, 0.2) is 11.6 Å². The first-order valence-corrected chi connectivity index (χ1v) is 5.01. The van der Waals surface area contributed by atoms with E-state index in [4.69, 9.17) is 10.5 Å². The van der Waals surface area contributed by atoms with Gasteiger partial charge in [0.05, 0.1) is 7.11 Å². The highest BCUT2D eigenvalue weighted by molar-refractivity contribution is 5.68. The van der Waals surface area contributed by atoms with E-state index in [0.29, 0.717) is 5.69 Å². The Morgan fingerprint density at radius 2 is 1.82 bits per heavy atom. The molecule has 0 radical (unpaired) electrons. The van der Waals surface area contributed by atoms with Gasteiger partial charge in [-0.3, -0.25) is 0 Å². The molecular formula is C13H11F2NO. The fraction of sp³-hybridized carbons (Fsp3) is 0.0769. The number of methoxy groups -OCH3 is 1. The molecule has 0 amide bonds. The minimum Gasteiger partial charge on any atom is -0.494 e. The van der Waals surface area contributed by atoms with Gasteiger partial charge in [0.25, 0.3) is 0 Å². The molecule has 2 N–H and O–H groups in total. The smallest absolute Gasteiger partial charge is 0.172 e. The molecule has 88 valence electrons. The van der Waals surface area contributed by atoms with E-state index in [2.05, 4.69) is 0 Å². The minimum absolute atomic E-state index is 0.0822. The molecule has 17 heavy (non-hydrogen) atoms. The lowest BCUT2D eigenvalue weighted by Crippen LogP contribution is -1.94. The molecule has 0 aliphatic carbocycles. The van der Waals surface area contributed by atoms with Crippen LogP contribution in [-0.4, -0.2) is 7.11 Å². The van der Waals surface area contributed by atoms with Crippen molar-refractivity contribution in [2.75, 3.05) is 12.8 Å². The number of anilines is 1. The van der Waals surface area contributed by atoms with Crippen molar-refractivity contribution in [3.63, 3.8) is 0 Å². The molecule has 2 nitrogen and oxygen atoms in total. The van der Waals surface area contributed by atoms with Crippen molar-refractivity contribution in [3.8, 4) is 16.9 Å². The van der Waals surface area contributed by atoms with Gasteiger partial charge in [0.2, 0.25) is 0 Å². The number of benzene rings is 2. The molecule has 0 fully saturated rings. The lowest BCUT2D eigenvalue weighted by Gasteiger charge is -2.08. The molecular weight excluding hydrogens is 224 g/mol. The monoisotopic (exact) mass is 235 g/mol. The maximum Gasteiger partial charge on any atom is 0.172 e. The summed E-state index contributed by atoms with van der Waals surface area (Å²) < 4.78 is 32.4. The van der Waals surface area contributed by atoms with Crippen molar-refractivity contribution in [3.05, 3.63) is 48.0 Å². The zero-order chi connectivity index (χ0) is 12.4. The van der Waals surface area contributed by atoms with Crippen LogP contribution in [0.2, 0.25) is 0 Å². The van der Waals surface area contributed by atoms with Crippen LogP contribution in [0.3, 0.4) is 0 Å². The average molecular weight is 235 g/mol. The molecule has 0 bridgehead atoms. The number of rotatable bonds is 2. The van der Waals surface area contributed by atoms with E-state index in [1.807, 2.05) is 0 Å². The van der Waals surface area contributed by atoms with Crippen molar-refractivity contribution < 1.29 is 13.5 Å². The Balaban J connectivity index is 2.60. The standard InChI is InChI=1S/C13H11F2NO/c1-17-12-4-2-3-10(13(12)15)9-6-5-8(16)7-11(9)14/h2-7H,16H2,1H3. The molecule has 4 heteroatoms. The summed E-state index contributed by atoms with van der Waals surface area (Å²) in [5.74, 6) is -1.06. The Labute approximate surface area is 97.6 Å². The van der Waals surface area contributed by atoms with Crippen LogP contribution < -0.4 is 10.5 Å². The van der Waals surface area contributed by atoms with E-state index in [0.717, 1.165) is 6.07 Å². The second-order valence-electron chi connectivity index (χ2n) is 3.56. The zero-order valence-electron chi connectivity index (χ0n) is 9.21. The van der Waals surface area contributed by atoms with Gasteiger partial charge in [-0.2, -0.15) is 0 Å².